The van der Waals surface area contributed by atoms with Gasteiger partial charge in [0.2, 0.25) is 5.91 Å². The Morgan fingerprint density at radius 2 is 1.61 bits per heavy atom. The van der Waals surface area contributed by atoms with Gasteiger partial charge in [-0.3, -0.25) is 9.59 Å². The van der Waals surface area contributed by atoms with Crippen molar-refractivity contribution in [2.75, 3.05) is 17.7 Å². The molecule has 28 heavy (non-hydrogen) atoms. The number of anilines is 2. The Bertz CT molecular complexity index is 814. The fraction of sp³-hybridized carbons (Fsp3) is 0.364. The van der Waals surface area contributed by atoms with Crippen molar-refractivity contribution in [2.45, 2.75) is 45.3 Å². The molecule has 0 bridgehead atoms. The zero-order valence-corrected chi connectivity index (χ0v) is 16.6. The molecule has 2 atom stereocenters. The highest BCUT2D eigenvalue weighted by Crippen LogP contribution is 2.18. The van der Waals surface area contributed by atoms with E-state index >= 15 is 0 Å². The predicted molar refractivity (Wildman–Crippen MR) is 110 cm³/mol. The second-order valence-corrected chi connectivity index (χ2v) is 7.34. The topological polar surface area (TPSA) is 71.9 Å². The van der Waals surface area contributed by atoms with Gasteiger partial charge in [0.05, 0.1) is 13.2 Å². The largest absolute Gasteiger partial charge is 0.497 e. The predicted octanol–water partition coefficient (Wildman–Crippen LogP) is 2.23. The van der Waals surface area contributed by atoms with E-state index in [0.717, 1.165) is 30.8 Å². The molecule has 2 aromatic rings. The number of benzene rings is 2. The first-order chi connectivity index (χ1) is 13.5. The fourth-order valence-electron chi connectivity index (χ4n) is 3.34. The van der Waals surface area contributed by atoms with Crippen LogP contribution in [-0.4, -0.2) is 31.0 Å². The molecule has 3 rings (SSSR count). The first kappa shape index (κ1) is 19.9. The highest BCUT2D eigenvalue weighted by atomic mass is 16.5. The summed E-state index contributed by atoms with van der Waals surface area (Å²) < 4.78 is 5.22. The number of rotatable bonds is 8. The van der Waals surface area contributed by atoms with Gasteiger partial charge >= 0.3 is 0 Å². The first-order valence-electron chi connectivity index (χ1n) is 9.63. The highest BCUT2D eigenvalue weighted by molar-refractivity contribution is 5.94. The van der Waals surface area contributed by atoms with Crippen LogP contribution in [0.1, 0.15) is 32.3 Å². The molecule has 1 aliphatic carbocycles. The van der Waals surface area contributed by atoms with E-state index in [1.807, 2.05) is 19.1 Å². The van der Waals surface area contributed by atoms with Gasteiger partial charge in [-0.1, -0.05) is 0 Å². The maximum atomic E-state index is 12.8. The van der Waals surface area contributed by atoms with E-state index in [0.29, 0.717) is 11.7 Å². The Morgan fingerprint density at radius 1 is 1.04 bits per heavy atom. The van der Waals surface area contributed by atoms with Gasteiger partial charge in [0.1, 0.15) is 12.3 Å². The number of ether oxygens (including phenoxy) is 1. The van der Waals surface area contributed by atoms with E-state index in [4.69, 9.17) is 4.74 Å². The molecule has 1 aliphatic rings. The summed E-state index contributed by atoms with van der Waals surface area (Å²) in [5.74, 6) is 0.723. The van der Waals surface area contributed by atoms with Crippen molar-refractivity contribution in [1.29, 1.82) is 0 Å². The van der Waals surface area contributed by atoms with Gasteiger partial charge < -0.3 is 20.3 Å². The zero-order valence-electron chi connectivity index (χ0n) is 16.6. The van der Waals surface area contributed by atoms with Crippen molar-refractivity contribution in [3.05, 3.63) is 54.1 Å². The van der Waals surface area contributed by atoms with Crippen LogP contribution in [0.2, 0.25) is 0 Å². The van der Waals surface area contributed by atoms with Crippen LogP contribution >= 0.6 is 0 Å². The van der Waals surface area contributed by atoms with E-state index in [1.165, 1.54) is 17.4 Å². The number of hydrogen-bond donors (Lipinski definition) is 3. The van der Waals surface area contributed by atoms with E-state index in [-0.39, 0.29) is 17.9 Å². The molecule has 1 unspecified atom stereocenters. The van der Waals surface area contributed by atoms with Crippen LogP contribution in [0.3, 0.4) is 0 Å². The molecule has 0 radical (unpaired) electrons. The molecule has 1 fully saturated rings. The minimum absolute atomic E-state index is 0.00249. The van der Waals surface area contributed by atoms with Crippen LogP contribution in [0.25, 0.3) is 0 Å². The van der Waals surface area contributed by atoms with Gasteiger partial charge in [0, 0.05) is 36.7 Å². The Balaban J connectivity index is 1.62. The fourth-order valence-corrected chi connectivity index (χ4v) is 3.34. The molecule has 0 saturated heterocycles. The van der Waals surface area contributed by atoms with E-state index in [9.17, 15) is 9.59 Å². The highest BCUT2D eigenvalue weighted by Gasteiger charge is 2.39. The molecule has 2 aromatic carbocycles. The van der Waals surface area contributed by atoms with E-state index in [2.05, 4.69) is 22.8 Å². The third-order valence-corrected chi connectivity index (χ3v) is 5.09. The lowest BCUT2D eigenvalue weighted by Crippen LogP contribution is -3.16. The number of carbonyl (C=O) groups is 2. The Morgan fingerprint density at radius 3 is 2.11 bits per heavy atom. The lowest BCUT2D eigenvalue weighted by atomic mass is 10.1. The summed E-state index contributed by atoms with van der Waals surface area (Å²) in [6.07, 6.45) is 2.32. The van der Waals surface area contributed by atoms with Crippen LogP contribution in [0.5, 0.6) is 5.75 Å². The first-order valence-corrected chi connectivity index (χ1v) is 9.63. The van der Waals surface area contributed by atoms with Crippen molar-refractivity contribution in [3.63, 3.8) is 0 Å². The molecule has 0 aromatic heterocycles. The smallest absolute Gasteiger partial charge is 0.282 e. The Kier molecular flexibility index (Phi) is 6.31. The summed E-state index contributed by atoms with van der Waals surface area (Å²) in [6.45, 7) is 4.26. The van der Waals surface area contributed by atoms with Crippen molar-refractivity contribution < 1.29 is 19.2 Å². The summed E-state index contributed by atoms with van der Waals surface area (Å²) in [5, 5.41) is 5.72. The molecule has 148 valence electrons. The molecule has 2 amide bonds. The number of nitrogens with one attached hydrogen (secondary N) is 3. The monoisotopic (exact) mass is 382 g/mol. The molecule has 3 N–H and O–H groups in total. The number of hydrogen-bond acceptors (Lipinski definition) is 3. The number of methoxy groups -OCH3 is 1. The van der Waals surface area contributed by atoms with Gasteiger partial charge in [-0.2, -0.15) is 0 Å². The second kappa shape index (κ2) is 8.89. The molecule has 1 saturated carbocycles. The van der Waals surface area contributed by atoms with Crippen molar-refractivity contribution in [3.8, 4) is 5.75 Å². The van der Waals surface area contributed by atoms with Crippen LogP contribution in [0.4, 0.5) is 11.4 Å². The van der Waals surface area contributed by atoms with Crippen LogP contribution < -0.4 is 20.3 Å². The molecule has 0 heterocycles. The van der Waals surface area contributed by atoms with E-state index < -0.39 is 0 Å². The third-order valence-electron chi connectivity index (χ3n) is 5.09. The quantitative estimate of drug-likeness (QED) is 0.656. The summed E-state index contributed by atoms with van der Waals surface area (Å²) in [6, 6.07) is 15.6. The molecular weight excluding hydrogens is 354 g/mol. The van der Waals surface area contributed by atoms with Gasteiger partial charge in [-0.15, -0.1) is 0 Å². The maximum Gasteiger partial charge on any atom is 0.282 e. The van der Waals surface area contributed by atoms with Crippen LogP contribution in [0, 0.1) is 0 Å². The minimum Gasteiger partial charge on any atom is -0.497 e. The summed E-state index contributed by atoms with van der Waals surface area (Å²) in [5.41, 5.74) is 2.64. The SMILES string of the molecule is COc1ccc(C[NH+](C2CC2)[C@@H](C)C(=O)Nc2ccc(NC(C)=O)cc2)cc1. The molecule has 6 nitrogen and oxygen atoms in total. The molecule has 0 aliphatic heterocycles. The Hall–Kier alpha value is -2.86. The normalized spacial score (nSPS) is 15.4. The summed E-state index contributed by atoms with van der Waals surface area (Å²) >= 11 is 0. The summed E-state index contributed by atoms with van der Waals surface area (Å²) in [7, 11) is 1.66. The van der Waals surface area contributed by atoms with Gasteiger partial charge in [0.15, 0.2) is 6.04 Å². The van der Waals surface area contributed by atoms with Crippen molar-refractivity contribution in [1.82, 2.24) is 0 Å². The number of quaternary nitrogens is 1. The average molecular weight is 382 g/mol. The molecule has 0 spiro atoms. The van der Waals surface area contributed by atoms with Crippen molar-refractivity contribution in [2.24, 2.45) is 0 Å². The molecule has 6 heteroatoms. The van der Waals surface area contributed by atoms with Crippen LogP contribution in [-0.2, 0) is 16.1 Å². The lowest BCUT2D eigenvalue weighted by Gasteiger charge is -2.25. The van der Waals surface area contributed by atoms with Gasteiger partial charge in [-0.25, -0.2) is 0 Å². The Labute approximate surface area is 165 Å². The molecular formula is C22H28N3O3+. The number of amides is 2. The van der Waals surface area contributed by atoms with Crippen LogP contribution in [0.15, 0.2) is 48.5 Å². The maximum absolute atomic E-state index is 12.8. The number of carbonyl (C=O) groups excluding carboxylic acids is 2. The second-order valence-electron chi connectivity index (χ2n) is 7.34. The third kappa shape index (κ3) is 5.33. The standard InChI is InChI=1S/C22H27N3O3/c1-15(22(27)24-19-8-6-18(7-9-19)23-16(2)26)25(20-10-11-20)14-17-4-12-21(28-3)13-5-17/h4-9,12-13,15,20H,10-11,14H2,1-3H3,(H,23,26)(H,24,27)/p+1/t15-/m0/s1. The van der Waals surface area contributed by atoms with Gasteiger partial charge in [0.25, 0.3) is 5.91 Å². The average Bonchev–Trinajstić information content (AvgIpc) is 3.52. The summed E-state index contributed by atoms with van der Waals surface area (Å²) in [4.78, 5) is 25.2. The van der Waals surface area contributed by atoms with E-state index in [1.54, 1.807) is 31.4 Å². The van der Waals surface area contributed by atoms with Gasteiger partial charge in [-0.05, 0) is 55.5 Å². The van der Waals surface area contributed by atoms with Crippen molar-refractivity contribution >= 4 is 23.2 Å². The minimum atomic E-state index is -0.162. The lowest BCUT2D eigenvalue weighted by molar-refractivity contribution is -0.938. The zero-order chi connectivity index (χ0) is 20.1.